The number of carbonyl (C=O) groups is 2. The lowest BCUT2D eigenvalue weighted by atomic mass is 10.1. The maximum atomic E-state index is 10.8. The zero-order valence-corrected chi connectivity index (χ0v) is 9.57. The van der Waals surface area contributed by atoms with E-state index in [0.29, 0.717) is 0 Å². The maximum Gasteiger partial charge on any atom is 0.342 e. The second-order valence-corrected chi connectivity index (χ2v) is 3.59. The summed E-state index contributed by atoms with van der Waals surface area (Å²) in [5, 5.41) is 31.2. The number of nitrogens with zero attached hydrogens (tertiary/aromatic N) is 1. The zero-order valence-electron chi connectivity index (χ0n) is 9.57. The molecule has 0 aromatic heterocycles. The monoisotopic (exact) mass is 269 g/mol. The molecule has 1 aromatic carbocycles. The van der Waals surface area contributed by atoms with Gasteiger partial charge in [0.2, 0.25) is 5.91 Å². The first-order valence-corrected chi connectivity index (χ1v) is 5.06. The van der Waals surface area contributed by atoms with Gasteiger partial charge >= 0.3 is 5.97 Å². The molecule has 0 spiro atoms. The summed E-state index contributed by atoms with van der Waals surface area (Å²) >= 11 is 0. The van der Waals surface area contributed by atoms with Gasteiger partial charge in [-0.15, -0.1) is 0 Å². The quantitative estimate of drug-likeness (QED) is 0.402. The van der Waals surface area contributed by atoms with Crippen molar-refractivity contribution in [2.45, 2.75) is 6.10 Å². The molecule has 5 N–H and O–H groups in total. The molecule has 1 rings (SSSR count). The summed E-state index contributed by atoms with van der Waals surface area (Å²) in [4.78, 5) is 31.2. The number of hydrogen-bond donors (Lipinski definition) is 4. The predicted octanol–water partition coefficient (Wildman–Crippen LogP) is -0.449. The molecule has 1 atom stereocenters. The Balaban J connectivity index is 2.93. The van der Waals surface area contributed by atoms with Gasteiger partial charge in [0.05, 0.1) is 4.92 Å². The van der Waals surface area contributed by atoms with E-state index < -0.39 is 34.2 Å². The highest BCUT2D eigenvalue weighted by Gasteiger charge is 2.20. The minimum absolute atomic E-state index is 0.192. The molecule has 0 fully saturated rings. The molecule has 0 bridgehead atoms. The number of aromatic carboxylic acids is 1. The zero-order chi connectivity index (χ0) is 14.6. The van der Waals surface area contributed by atoms with E-state index in [9.17, 15) is 19.7 Å². The van der Waals surface area contributed by atoms with E-state index in [1.807, 2.05) is 0 Å². The first-order valence-electron chi connectivity index (χ1n) is 5.06. The Morgan fingerprint density at radius 3 is 2.58 bits per heavy atom. The van der Waals surface area contributed by atoms with Gasteiger partial charge in [-0.25, -0.2) is 4.79 Å². The molecule has 1 aromatic rings. The van der Waals surface area contributed by atoms with Gasteiger partial charge in [-0.1, -0.05) is 0 Å². The molecule has 0 aliphatic rings. The number of rotatable bonds is 6. The Labute approximate surface area is 106 Å². The number of anilines is 1. The number of nitro groups is 1. The third-order valence-electron chi connectivity index (χ3n) is 2.25. The van der Waals surface area contributed by atoms with Gasteiger partial charge < -0.3 is 21.3 Å². The molecule has 102 valence electrons. The smallest absolute Gasteiger partial charge is 0.342 e. The minimum atomic E-state index is -1.45. The van der Waals surface area contributed by atoms with Crippen LogP contribution < -0.4 is 11.1 Å². The van der Waals surface area contributed by atoms with Crippen LogP contribution in [0.2, 0.25) is 0 Å². The number of carboxylic acid groups (broad SMARTS) is 1. The van der Waals surface area contributed by atoms with E-state index in [1.54, 1.807) is 0 Å². The van der Waals surface area contributed by atoms with Crippen molar-refractivity contribution in [2.24, 2.45) is 5.73 Å². The molecule has 0 saturated carbocycles. The first kappa shape index (κ1) is 14.4. The summed E-state index contributed by atoms with van der Waals surface area (Å²) in [5.74, 6) is -2.36. The number of amides is 1. The number of benzene rings is 1. The van der Waals surface area contributed by atoms with Crippen LogP contribution in [0.5, 0.6) is 0 Å². The summed E-state index contributed by atoms with van der Waals surface area (Å²) in [6.45, 7) is -0.237. The molecular formula is C10H11N3O6. The van der Waals surface area contributed by atoms with Crippen molar-refractivity contribution in [1.29, 1.82) is 0 Å². The molecule has 0 heterocycles. The topological polar surface area (TPSA) is 156 Å². The van der Waals surface area contributed by atoms with E-state index in [2.05, 4.69) is 5.32 Å². The Kier molecular flexibility index (Phi) is 4.37. The fourth-order valence-corrected chi connectivity index (χ4v) is 1.29. The number of nitrogens with one attached hydrogen (secondary N) is 1. The van der Waals surface area contributed by atoms with Gasteiger partial charge in [-0.2, -0.15) is 0 Å². The second-order valence-electron chi connectivity index (χ2n) is 3.59. The van der Waals surface area contributed by atoms with Gasteiger partial charge in [0.15, 0.2) is 0 Å². The number of primary amides is 1. The standard InChI is InChI=1S/C10H11N3O6/c11-9(15)8(14)4-12-5-1-2-6(10(16)17)7(3-5)13(18)19/h1-3,8,12,14H,4H2,(H2,11,15)(H,16,17). The minimum Gasteiger partial charge on any atom is -0.477 e. The number of nitro benzene ring substituents is 1. The van der Waals surface area contributed by atoms with Crippen molar-refractivity contribution < 1.29 is 24.7 Å². The van der Waals surface area contributed by atoms with Gasteiger partial charge in [0.25, 0.3) is 5.69 Å². The number of hydrogen-bond acceptors (Lipinski definition) is 6. The van der Waals surface area contributed by atoms with Crippen LogP contribution in [0.3, 0.4) is 0 Å². The van der Waals surface area contributed by atoms with E-state index in [4.69, 9.17) is 15.9 Å². The lowest BCUT2D eigenvalue weighted by Crippen LogP contribution is -2.34. The van der Waals surface area contributed by atoms with E-state index in [0.717, 1.165) is 12.1 Å². The van der Waals surface area contributed by atoms with Crippen molar-refractivity contribution in [1.82, 2.24) is 0 Å². The second kappa shape index (κ2) is 5.78. The number of aliphatic hydroxyl groups excluding tert-OH is 1. The highest BCUT2D eigenvalue weighted by molar-refractivity contribution is 5.93. The van der Waals surface area contributed by atoms with Crippen molar-refractivity contribution in [3.05, 3.63) is 33.9 Å². The van der Waals surface area contributed by atoms with E-state index >= 15 is 0 Å². The third-order valence-corrected chi connectivity index (χ3v) is 2.25. The molecular weight excluding hydrogens is 258 g/mol. The van der Waals surface area contributed by atoms with Crippen molar-refractivity contribution in [3.8, 4) is 0 Å². The Bertz CT molecular complexity index is 530. The van der Waals surface area contributed by atoms with Crippen LogP contribution in [0.4, 0.5) is 11.4 Å². The Hall–Kier alpha value is -2.68. The molecule has 19 heavy (non-hydrogen) atoms. The van der Waals surface area contributed by atoms with Crippen LogP contribution in [-0.2, 0) is 4.79 Å². The van der Waals surface area contributed by atoms with E-state index in [-0.39, 0.29) is 12.2 Å². The highest BCUT2D eigenvalue weighted by atomic mass is 16.6. The summed E-state index contributed by atoms with van der Waals surface area (Å²) in [6.07, 6.45) is -1.45. The average molecular weight is 269 g/mol. The van der Waals surface area contributed by atoms with Gasteiger partial charge in [0, 0.05) is 18.3 Å². The molecule has 9 nitrogen and oxygen atoms in total. The number of carbonyl (C=O) groups excluding carboxylic acids is 1. The molecule has 0 aliphatic carbocycles. The normalized spacial score (nSPS) is 11.6. The molecule has 0 saturated heterocycles. The Morgan fingerprint density at radius 1 is 1.47 bits per heavy atom. The summed E-state index contributed by atoms with van der Waals surface area (Å²) in [5.41, 5.74) is 3.97. The third kappa shape index (κ3) is 3.64. The summed E-state index contributed by atoms with van der Waals surface area (Å²) in [6, 6.07) is 3.33. The summed E-state index contributed by atoms with van der Waals surface area (Å²) in [7, 11) is 0. The van der Waals surface area contributed by atoms with Crippen molar-refractivity contribution in [2.75, 3.05) is 11.9 Å². The molecule has 0 radical (unpaired) electrons. The molecule has 0 aliphatic heterocycles. The van der Waals surface area contributed by atoms with Gasteiger partial charge in [-0.05, 0) is 12.1 Å². The number of aliphatic hydroxyl groups is 1. The van der Waals surface area contributed by atoms with Gasteiger partial charge in [-0.3, -0.25) is 14.9 Å². The maximum absolute atomic E-state index is 10.8. The largest absolute Gasteiger partial charge is 0.477 e. The van der Waals surface area contributed by atoms with E-state index in [1.165, 1.54) is 6.07 Å². The van der Waals surface area contributed by atoms with Crippen molar-refractivity contribution >= 4 is 23.3 Å². The van der Waals surface area contributed by atoms with Crippen molar-refractivity contribution in [3.63, 3.8) is 0 Å². The average Bonchev–Trinajstić information content (AvgIpc) is 2.35. The summed E-state index contributed by atoms with van der Waals surface area (Å²) < 4.78 is 0. The molecule has 1 unspecified atom stereocenters. The predicted molar refractivity (Wildman–Crippen MR) is 63.7 cm³/mol. The first-order chi connectivity index (χ1) is 8.82. The Morgan fingerprint density at radius 2 is 2.11 bits per heavy atom. The lowest BCUT2D eigenvalue weighted by Gasteiger charge is -2.09. The van der Waals surface area contributed by atoms with Crippen LogP contribution in [0, 0.1) is 10.1 Å². The van der Waals surface area contributed by atoms with Crippen LogP contribution >= 0.6 is 0 Å². The number of carboxylic acids is 1. The van der Waals surface area contributed by atoms with Crippen LogP contribution in [-0.4, -0.2) is 39.7 Å². The number of nitrogens with two attached hydrogens (primary N) is 1. The fourth-order valence-electron chi connectivity index (χ4n) is 1.29. The SMILES string of the molecule is NC(=O)C(O)CNc1ccc(C(=O)O)c([N+](=O)[O-])c1. The van der Waals surface area contributed by atoms with Crippen LogP contribution in [0.15, 0.2) is 18.2 Å². The molecule has 9 heteroatoms. The molecule has 1 amide bonds. The van der Waals surface area contributed by atoms with Gasteiger partial charge in [0.1, 0.15) is 11.7 Å². The fraction of sp³-hybridized carbons (Fsp3) is 0.200. The highest BCUT2D eigenvalue weighted by Crippen LogP contribution is 2.23. The van der Waals surface area contributed by atoms with Crippen LogP contribution in [0.25, 0.3) is 0 Å². The lowest BCUT2D eigenvalue weighted by molar-refractivity contribution is -0.385. The van der Waals surface area contributed by atoms with Crippen LogP contribution in [0.1, 0.15) is 10.4 Å².